The molecule has 0 aliphatic heterocycles. The maximum atomic E-state index is 3.64. The molecule has 0 nitrogen and oxygen atoms in total. The van der Waals surface area contributed by atoms with Gasteiger partial charge in [-0.05, 0) is 0 Å². The van der Waals surface area contributed by atoms with Crippen molar-refractivity contribution in [2.45, 2.75) is 19.8 Å². The van der Waals surface area contributed by atoms with Crippen molar-refractivity contribution in [2.24, 2.45) is 0 Å². The molecule has 0 rings (SSSR count). The van der Waals surface area contributed by atoms with Gasteiger partial charge in [0.05, 0.1) is 0 Å². The Hall–Kier alpha value is 1.10. The van der Waals surface area contributed by atoms with Crippen LogP contribution in [0.1, 0.15) is 19.8 Å². The second kappa shape index (κ2) is 9.44. The van der Waals surface area contributed by atoms with E-state index in [1.54, 1.807) is 0 Å². The molecular formula is C5H10Y-2. The molecule has 0 aromatic rings. The first-order valence-electron chi connectivity index (χ1n) is 1.99. The van der Waals surface area contributed by atoms with Gasteiger partial charge in [-0.15, -0.1) is 0 Å². The van der Waals surface area contributed by atoms with E-state index in [1.807, 2.05) is 6.92 Å². The van der Waals surface area contributed by atoms with E-state index in [9.17, 15) is 0 Å². The summed E-state index contributed by atoms with van der Waals surface area (Å²) >= 11 is 0. The van der Waals surface area contributed by atoms with Crippen LogP contribution in [0.2, 0.25) is 0 Å². The summed E-state index contributed by atoms with van der Waals surface area (Å²) in [5, 5.41) is 0. The maximum Gasteiger partial charge on any atom is 0 e. The smallest absolute Gasteiger partial charge is 0 e. The van der Waals surface area contributed by atoms with Crippen LogP contribution in [0.5, 0.6) is 0 Å². The minimum absolute atomic E-state index is 0. The zero-order valence-corrected chi connectivity index (χ0v) is 7.11. The number of unbranched alkanes of at least 4 members (excludes halogenated alkanes) is 2. The van der Waals surface area contributed by atoms with Gasteiger partial charge in [0, 0.05) is 32.7 Å². The summed E-state index contributed by atoms with van der Waals surface area (Å²) < 4.78 is 0. The minimum Gasteiger partial charge on any atom is -0.346 e. The predicted octanol–water partition coefficient (Wildman–Crippen LogP) is 1.82. The summed E-state index contributed by atoms with van der Waals surface area (Å²) in [4.78, 5) is 0. The third-order valence-corrected chi connectivity index (χ3v) is 0.493. The van der Waals surface area contributed by atoms with E-state index in [1.165, 1.54) is 0 Å². The van der Waals surface area contributed by atoms with E-state index in [2.05, 4.69) is 13.3 Å². The van der Waals surface area contributed by atoms with Crippen molar-refractivity contribution in [2.75, 3.05) is 0 Å². The van der Waals surface area contributed by atoms with Crippen LogP contribution in [0.4, 0.5) is 0 Å². The molecule has 0 heterocycles. The van der Waals surface area contributed by atoms with Gasteiger partial charge in [0.1, 0.15) is 0 Å². The van der Waals surface area contributed by atoms with E-state index >= 15 is 0 Å². The van der Waals surface area contributed by atoms with Crippen molar-refractivity contribution >= 4 is 0 Å². The van der Waals surface area contributed by atoms with Gasteiger partial charge in [-0.25, -0.2) is 12.8 Å². The average Bonchev–Trinajstić information content (AvgIpc) is 1.41. The van der Waals surface area contributed by atoms with E-state index in [-0.39, 0.29) is 32.7 Å². The molecule has 0 aromatic heterocycles. The fourth-order valence-corrected chi connectivity index (χ4v) is 0.204. The van der Waals surface area contributed by atoms with Crippen LogP contribution in [0, 0.1) is 13.3 Å². The van der Waals surface area contributed by atoms with Crippen molar-refractivity contribution < 1.29 is 32.7 Å². The molecule has 0 amide bonds. The van der Waals surface area contributed by atoms with Gasteiger partial charge in [-0.1, -0.05) is 0 Å². The summed E-state index contributed by atoms with van der Waals surface area (Å²) in [6.07, 6.45) is 4.31. The molecule has 0 saturated carbocycles. The Kier molecular flexibility index (Phi) is 16.0. The van der Waals surface area contributed by atoms with Gasteiger partial charge in [-0.3, -0.25) is 0 Å². The number of hydrogen-bond acceptors (Lipinski definition) is 0. The topological polar surface area (TPSA) is 0 Å². The van der Waals surface area contributed by atoms with Gasteiger partial charge >= 0.3 is 0 Å². The maximum absolute atomic E-state index is 3.64. The van der Waals surface area contributed by atoms with Crippen LogP contribution in [-0.2, 0) is 32.7 Å². The van der Waals surface area contributed by atoms with Gasteiger partial charge in [0.15, 0.2) is 0 Å². The van der Waals surface area contributed by atoms with Crippen molar-refractivity contribution in [3.63, 3.8) is 0 Å². The molecule has 6 heavy (non-hydrogen) atoms. The SMILES string of the molecule is [CH2-]CC[CH-]C.[Y]. The fourth-order valence-electron chi connectivity index (χ4n) is 0.204. The molecule has 0 fully saturated rings. The van der Waals surface area contributed by atoms with E-state index in [4.69, 9.17) is 0 Å². The largest absolute Gasteiger partial charge is 0.346 e. The first-order chi connectivity index (χ1) is 2.41. The summed E-state index contributed by atoms with van der Waals surface area (Å²) in [6, 6.07) is 0. The second-order valence-corrected chi connectivity index (χ2v) is 1.05. The predicted molar refractivity (Wildman–Crippen MR) is 24.6 cm³/mol. The second-order valence-electron chi connectivity index (χ2n) is 1.05. The van der Waals surface area contributed by atoms with Crippen LogP contribution >= 0.6 is 0 Å². The Balaban J connectivity index is 0. The molecule has 0 aliphatic carbocycles. The molecule has 0 bridgehead atoms. The van der Waals surface area contributed by atoms with Crippen LogP contribution in [-0.4, -0.2) is 0 Å². The molecule has 0 spiro atoms. The van der Waals surface area contributed by atoms with Gasteiger partial charge < -0.3 is 13.3 Å². The Morgan fingerprint density at radius 2 is 2.17 bits per heavy atom. The van der Waals surface area contributed by atoms with Crippen LogP contribution in [0.3, 0.4) is 0 Å². The van der Waals surface area contributed by atoms with Crippen LogP contribution < -0.4 is 0 Å². The number of rotatable bonds is 2. The van der Waals surface area contributed by atoms with Gasteiger partial charge in [0.2, 0.25) is 0 Å². The molecule has 0 aliphatic rings. The number of hydrogen-bond donors (Lipinski definition) is 0. The van der Waals surface area contributed by atoms with Crippen molar-refractivity contribution in [3.8, 4) is 0 Å². The Morgan fingerprint density at radius 3 is 2.17 bits per heavy atom. The summed E-state index contributed by atoms with van der Waals surface area (Å²) in [5.41, 5.74) is 0. The first kappa shape index (κ1) is 10.2. The standard InChI is InChI=1S/C5H10.Y/c1-3-5-4-2;/h4H,1,3,5H2,2H3;/q-2;. The van der Waals surface area contributed by atoms with Gasteiger partial charge in [-0.2, -0.15) is 6.92 Å². The van der Waals surface area contributed by atoms with E-state index < -0.39 is 0 Å². The molecule has 0 aromatic carbocycles. The fraction of sp³-hybridized carbons (Fsp3) is 0.600. The molecule has 1 heteroatoms. The Labute approximate surface area is 65.6 Å². The quantitative estimate of drug-likeness (QED) is 0.539. The molecule has 0 saturated heterocycles. The molecular weight excluding hydrogens is 149 g/mol. The molecule has 0 N–H and O–H groups in total. The third kappa shape index (κ3) is 8.92. The zero-order valence-electron chi connectivity index (χ0n) is 4.28. The normalized spacial score (nSPS) is 7.00. The van der Waals surface area contributed by atoms with E-state index in [0.717, 1.165) is 12.8 Å². The Morgan fingerprint density at radius 1 is 1.67 bits per heavy atom. The third-order valence-electron chi connectivity index (χ3n) is 0.493. The minimum atomic E-state index is 0. The summed E-state index contributed by atoms with van der Waals surface area (Å²) in [7, 11) is 0. The monoisotopic (exact) mass is 159 g/mol. The summed E-state index contributed by atoms with van der Waals surface area (Å²) in [5.74, 6) is 0. The van der Waals surface area contributed by atoms with Crippen molar-refractivity contribution in [3.05, 3.63) is 13.3 Å². The van der Waals surface area contributed by atoms with E-state index in [0.29, 0.717) is 0 Å². The average molecular weight is 159 g/mol. The zero-order chi connectivity index (χ0) is 4.12. The molecule has 35 valence electrons. The Bertz CT molecular complexity index is 11.4. The van der Waals surface area contributed by atoms with Crippen LogP contribution in [0.25, 0.3) is 0 Å². The molecule has 1 radical (unpaired) electrons. The molecule has 0 atom stereocenters. The van der Waals surface area contributed by atoms with Gasteiger partial charge in [0.25, 0.3) is 0 Å². The van der Waals surface area contributed by atoms with Crippen molar-refractivity contribution in [1.82, 2.24) is 0 Å². The van der Waals surface area contributed by atoms with Crippen LogP contribution in [0.15, 0.2) is 0 Å². The van der Waals surface area contributed by atoms with Crippen molar-refractivity contribution in [1.29, 1.82) is 0 Å². The first-order valence-corrected chi connectivity index (χ1v) is 1.99. The summed E-state index contributed by atoms with van der Waals surface area (Å²) in [6.45, 7) is 5.69. The molecule has 0 unspecified atom stereocenters.